The standard InChI is InChI=1S/C28H27ClN8O3/c1-16-22(13-32-40-16)27(39)37-7-6-18(15-37)9-25(38)35-24-5-4-20-10-19(24)3-2-17-8-21(12-30-11-17)34-28-31-14-23(29)26(33-20)36-28/h4-5,8,10-14,18H,2-3,6-7,9,15H2,1H3,(H,35,38)(H2,31,33,34,36)/t18-/m0/s1. The zero-order valence-corrected chi connectivity index (χ0v) is 22.5. The summed E-state index contributed by atoms with van der Waals surface area (Å²) < 4.78 is 5.03. The van der Waals surface area contributed by atoms with Crippen LogP contribution in [0, 0.1) is 12.8 Å². The van der Waals surface area contributed by atoms with Gasteiger partial charge in [-0.1, -0.05) is 16.8 Å². The molecule has 11 nitrogen and oxygen atoms in total. The van der Waals surface area contributed by atoms with Gasteiger partial charge >= 0.3 is 0 Å². The highest BCUT2D eigenvalue weighted by molar-refractivity contribution is 6.32. The first kappa shape index (κ1) is 25.8. The predicted octanol–water partition coefficient (Wildman–Crippen LogP) is 4.90. The Morgan fingerprint density at radius 1 is 1.12 bits per heavy atom. The van der Waals surface area contributed by atoms with Crippen molar-refractivity contribution in [3.63, 3.8) is 0 Å². The number of amides is 2. The van der Waals surface area contributed by atoms with Crippen molar-refractivity contribution < 1.29 is 14.1 Å². The number of aryl methyl sites for hydroxylation is 3. The SMILES string of the molecule is Cc1oncc1C(=O)N1CC[C@@H](CC(=O)Nc2ccc3cc2CCc2cncc(c2)Nc2ncc(Cl)c(n2)N3)C1. The normalized spacial score (nSPS) is 16.1. The van der Waals surface area contributed by atoms with Crippen LogP contribution in [0.15, 0.2) is 53.6 Å². The molecule has 2 amide bonds. The zero-order valence-electron chi connectivity index (χ0n) is 21.8. The summed E-state index contributed by atoms with van der Waals surface area (Å²) in [5.74, 6) is 1.24. The second kappa shape index (κ2) is 10.9. The minimum absolute atomic E-state index is 0.0746. The lowest BCUT2D eigenvalue weighted by atomic mass is 10.0. The zero-order chi connectivity index (χ0) is 27.6. The van der Waals surface area contributed by atoms with Gasteiger partial charge in [-0.25, -0.2) is 4.98 Å². The Balaban J connectivity index is 1.18. The fourth-order valence-electron chi connectivity index (χ4n) is 5.07. The Morgan fingerprint density at radius 2 is 2.02 bits per heavy atom. The average molecular weight is 559 g/mol. The third kappa shape index (κ3) is 5.59. The Kier molecular flexibility index (Phi) is 7.04. The van der Waals surface area contributed by atoms with Crippen LogP contribution in [-0.4, -0.2) is 49.9 Å². The van der Waals surface area contributed by atoms with Gasteiger partial charge in [-0.2, -0.15) is 4.98 Å². The van der Waals surface area contributed by atoms with E-state index in [1.54, 1.807) is 18.0 Å². The molecule has 0 aliphatic carbocycles. The Hall–Kier alpha value is -4.51. The van der Waals surface area contributed by atoms with E-state index in [4.69, 9.17) is 16.1 Å². The lowest BCUT2D eigenvalue weighted by Gasteiger charge is -2.17. The summed E-state index contributed by atoms with van der Waals surface area (Å²) in [5, 5.41) is 13.6. The largest absolute Gasteiger partial charge is 0.361 e. The van der Waals surface area contributed by atoms with Crippen LogP contribution in [0.1, 0.15) is 40.1 Å². The van der Waals surface area contributed by atoms with Gasteiger partial charge < -0.3 is 25.4 Å². The van der Waals surface area contributed by atoms with Crippen LogP contribution in [0.25, 0.3) is 0 Å². The molecule has 12 heteroatoms. The minimum Gasteiger partial charge on any atom is -0.361 e. The molecule has 1 saturated heterocycles. The van der Waals surface area contributed by atoms with Gasteiger partial charge in [0.05, 0.1) is 24.3 Å². The molecule has 1 atom stereocenters. The van der Waals surface area contributed by atoms with Gasteiger partial charge in [-0.3, -0.25) is 14.6 Å². The number of anilines is 5. The number of rotatable bonds is 4. The van der Waals surface area contributed by atoms with E-state index in [2.05, 4.69) is 36.1 Å². The third-order valence-electron chi connectivity index (χ3n) is 7.15. The van der Waals surface area contributed by atoms with Crippen molar-refractivity contribution in [1.29, 1.82) is 0 Å². The molecule has 0 radical (unpaired) electrons. The van der Waals surface area contributed by atoms with E-state index in [1.807, 2.05) is 30.5 Å². The highest BCUT2D eigenvalue weighted by atomic mass is 35.5. The number of hydrogen-bond acceptors (Lipinski definition) is 9. The second-order valence-corrected chi connectivity index (χ2v) is 10.5. The van der Waals surface area contributed by atoms with Gasteiger partial charge in [0.1, 0.15) is 16.3 Å². The van der Waals surface area contributed by atoms with Crippen LogP contribution in [0.2, 0.25) is 5.02 Å². The maximum Gasteiger partial charge on any atom is 0.259 e. The molecule has 3 aromatic heterocycles. The molecule has 40 heavy (non-hydrogen) atoms. The molecular weight excluding hydrogens is 532 g/mol. The minimum atomic E-state index is -0.110. The smallest absolute Gasteiger partial charge is 0.259 e. The van der Waals surface area contributed by atoms with Crippen LogP contribution >= 0.6 is 11.6 Å². The topological polar surface area (TPSA) is 138 Å². The van der Waals surface area contributed by atoms with E-state index < -0.39 is 0 Å². The van der Waals surface area contributed by atoms with Gasteiger partial charge in [-0.05, 0) is 67.5 Å². The van der Waals surface area contributed by atoms with Crippen LogP contribution < -0.4 is 16.0 Å². The summed E-state index contributed by atoms with van der Waals surface area (Å²) in [6.07, 6.45) is 9.01. The molecule has 6 bridgehead atoms. The molecule has 0 spiro atoms. The third-order valence-corrected chi connectivity index (χ3v) is 7.43. The first-order valence-electron chi connectivity index (χ1n) is 13.0. The first-order chi connectivity index (χ1) is 19.4. The van der Waals surface area contributed by atoms with Crippen molar-refractivity contribution in [2.45, 2.75) is 32.6 Å². The number of pyridine rings is 1. The lowest BCUT2D eigenvalue weighted by Crippen LogP contribution is -2.29. The highest BCUT2D eigenvalue weighted by Crippen LogP contribution is 2.30. The Labute approximate surface area is 235 Å². The van der Waals surface area contributed by atoms with Crippen LogP contribution in [0.5, 0.6) is 0 Å². The van der Waals surface area contributed by atoms with Crippen LogP contribution in [0.3, 0.4) is 0 Å². The number of fused-ring (bicyclic) bond motifs is 6. The Morgan fingerprint density at radius 3 is 2.88 bits per heavy atom. The average Bonchev–Trinajstić information content (AvgIpc) is 3.59. The molecule has 3 N–H and O–H groups in total. The second-order valence-electron chi connectivity index (χ2n) is 10.0. The molecule has 1 aromatic carbocycles. The molecule has 1 fully saturated rings. The quantitative estimate of drug-likeness (QED) is 0.319. The lowest BCUT2D eigenvalue weighted by molar-refractivity contribution is -0.117. The molecule has 204 valence electrons. The summed E-state index contributed by atoms with van der Waals surface area (Å²) >= 11 is 6.36. The number of nitrogens with one attached hydrogen (secondary N) is 3. The monoisotopic (exact) mass is 558 g/mol. The van der Waals surface area contributed by atoms with Gasteiger partial charge in [0.2, 0.25) is 11.9 Å². The number of hydrogen-bond donors (Lipinski definition) is 3. The number of carbonyl (C=O) groups excluding carboxylic acids is 2. The Bertz CT molecular complexity index is 1590. The molecule has 5 heterocycles. The van der Waals surface area contributed by atoms with Gasteiger partial charge in [0.25, 0.3) is 5.91 Å². The predicted molar refractivity (Wildman–Crippen MR) is 150 cm³/mol. The first-order valence-corrected chi connectivity index (χ1v) is 13.4. The van der Waals surface area contributed by atoms with Crippen LogP contribution in [0.4, 0.5) is 28.8 Å². The van der Waals surface area contributed by atoms with E-state index in [0.717, 1.165) is 41.0 Å². The van der Waals surface area contributed by atoms with E-state index in [1.165, 1.54) is 12.4 Å². The fraction of sp³-hybridized carbons (Fsp3) is 0.286. The number of benzene rings is 1. The van der Waals surface area contributed by atoms with Crippen molar-refractivity contribution in [3.05, 3.63) is 76.5 Å². The van der Waals surface area contributed by atoms with E-state index in [9.17, 15) is 9.59 Å². The number of nitrogens with zero attached hydrogens (tertiary/aromatic N) is 5. The molecule has 6 rings (SSSR count). The van der Waals surface area contributed by atoms with Gasteiger partial charge in [0.15, 0.2) is 5.82 Å². The van der Waals surface area contributed by atoms with Crippen molar-refractivity contribution in [3.8, 4) is 0 Å². The van der Waals surface area contributed by atoms with Crippen molar-refractivity contribution in [2.75, 3.05) is 29.0 Å². The molecule has 0 unspecified atom stereocenters. The molecule has 0 saturated carbocycles. The summed E-state index contributed by atoms with van der Waals surface area (Å²) in [4.78, 5) is 40.8. The van der Waals surface area contributed by atoms with E-state index in [0.29, 0.717) is 54.0 Å². The van der Waals surface area contributed by atoms with Crippen molar-refractivity contribution in [1.82, 2.24) is 25.0 Å². The van der Waals surface area contributed by atoms with Crippen molar-refractivity contribution >= 4 is 52.2 Å². The van der Waals surface area contributed by atoms with E-state index in [-0.39, 0.29) is 17.7 Å². The highest BCUT2D eigenvalue weighted by Gasteiger charge is 2.30. The maximum absolute atomic E-state index is 13.1. The molecule has 2 aliphatic heterocycles. The van der Waals surface area contributed by atoms with Gasteiger partial charge in [0, 0.05) is 37.1 Å². The number of halogens is 1. The van der Waals surface area contributed by atoms with Crippen molar-refractivity contribution in [2.24, 2.45) is 5.92 Å². The number of aromatic nitrogens is 4. The maximum atomic E-state index is 13.1. The van der Waals surface area contributed by atoms with Gasteiger partial charge in [-0.15, -0.1) is 0 Å². The summed E-state index contributed by atoms with van der Waals surface area (Å²) in [7, 11) is 0. The number of carbonyl (C=O) groups is 2. The summed E-state index contributed by atoms with van der Waals surface area (Å²) in [6.45, 7) is 2.84. The molecule has 2 aliphatic rings. The van der Waals surface area contributed by atoms with E-state index >= 15 is 0 Å². The molecule has 4 aromatic rings. The van der Waals surface area contributed by atoms with Crippen LogP contribution in [-0.2, 0) is 17.6 Å². The summed E-state index contributed by atoms with van der Waals surface area (Å²) in [6, 6.07) is 7.76. The fourth-order valence-corrected chi connectivity index (χ4v) is 5.21. The summed E-state index contributed by atoms with van der Waals surface area (Å²) in [5.41, 5.74) is 4.77. The molecular formula is C28H27ClN8O3. The number of likely N-dealkylation sites (tertiary alicyclic amines) is 1.